The Kier molecular flexibility index (Phi) is 9.11. The highest BCUT2D eigenvalue weighted by Gasteiger charge is 2.16. The Morgan fingerprint density at radius 1 is 0.923 bits per heavy atom. The molecule has 0 saturated carbocycles. The van der Waals surface area contributed by atoms with Crippen LogP contribution in [-0.4, -0.2) is 78.0 Å². The summed E-state index contributed by atoms with van der Waals surface area (Å²) >= 11 is 0. The molecule has 2 rings (SSSR count). The van der Waals surface area contributed by atoms with Crippen LogP contribution in [0.25, 0.3) is 0 Å². The van der Waals surface area contributed by atoms with Crippen LogP contribution in [-0.2, 0) is 18.9 Å². The molecule has 0 atom stereocenters. The van der Waals surface area contributed by atoms with Gasteiger partial charge in [0.25, 0.3) is 5.69 Å². The van der Waals surface area contributed by atoms with E-state index in [9.17, 15) is 10.1 Å². The minimum Gasteiger partial charge on any atom is -0.494 e. The Morgan fingerprint density at radius 3 is 1.88 bits per heavy atom. The summed E-state index contributed by atoms with van der Waals surface area (Å²) in [6.07, 6.45) is 0. The van der Waals surface area contributed by atoms with Crippen molar-refractivity contribution in [3.8, 4) is 5.75 Å². The molecule has 9 nitrogen and oxygen atoms in total. The van der Waals surface area contributed by atoms with Crippen molar-refractivity contribution in [1.82, 2.24) is 0 Å². The molecule has 146 valence electrons. The number of methoxy groups -OCH3 is 1. The zero-order valence-corrected chi connectivity index (χ0v) is 15.1. The summed E-state index contributed by atoms with van der Waals surface area (Å²) in [6.45, 7) is 5.32. The van der Waals surface area contributed by atoms with Gasteiger partial charge >= 0.3 is 0 Å². The molecule has 0 radical (unpaired) electrons. The van der Waals surface area contributed by atoms with Crippen molar-refractivity contribution in [2.75, 3.05) is 78.0 Å². The van der Waals surface area contributed by atoms with Crippen molar-refractivity contribution in [2.24, 2.45) is 0 Å². The van der Waals surface area contributed by atoms with Crippen molar-refractivity contribution in [3.63, 3.8) is 0 Å². The Balaban J connectivity index is 2.05. The van der Waals surface area contributed by atoms with Gasteiger partial charge < -0.3 is 28.6 Å². The van der Waals surface area contributed by atoms with Gasteiger partial charge in [-0.15, -0.1) is 0 Å². The second-order valence-electron chi connectivity index (χ2n) is 5.55. The fraction of sp³-hybridized carbons (Fsp3) is 0.647. The topological polar surface area (TPSA) is 92.5 Å². The van der Waals surface area contributed by atoms with E-state index >= 15 is 0 Å². The number of hydrogen-bond acceptors (Lipinski definition) is 8. The van der Waals surface area contributed by atoms with Gasteiger partial charge in [-0.1, -0.05) is 0 Å². The lowest BCUT2D eigenvalue weighted by Gasteiger charge is -2.26. The molecule has 0 amide bonds. The maximum absolute atomic E-state index is 11.0. The molecule has 1 fully saturated rings. The average Bonchev–Trinajstić information content (AvgIpc) is 2.66. The van der Waals surface area contributed by atoms with E-state index in [4.69, 9.17) is 23.7 Å². The molecule has 0 aliphatic carbocycles. The molecule has 1 aromatic rings. The second-order valence-corrected chi connectivity index (χ2v) is 5.55. The molecule has 0 bridgehead atoms. The van der Waals surface area contributed by atoms with Crippen LogP contribution < -0.4 is 9.64 Å². The van der Waals surface area contributed by atoms with E-state index in [2.05, 4.69) is 0 Å². The van der Waals surface area contributed by atoms with Crippen LogP contribution in [0.5, 0.6) is 5.75 Å². The molecule has 1 aromatic carbocycles. The van der Waals surface area contributed by atoms with Crippen molar-refractivity contribution < 1.29 is 28.6 Å². The lowest BCUT2D eigenvalue weighted by atomic mass is 10.2. The Bertz CT molecular complexity index is 540. The van der Waals surface area contributed by atoms with Gasteiger partial charge in [-0.2, -0.15) is 0 Å². The van der Waals surface area contributed by atoms with Crippen molar-refractivity contribution in [1.29, 1.82) is 0 Å². The molecule has 0 N–H and O–H groups in total. The maximum atomic E-state index is 11.0. The first kappa shape index (κ1) is 20.4. The van der Waals surface area contributed by atoms with E-state index in [0.29, 0.717) is 71.7 Å². The maximum Gasteiger partial charge on any atom is 0.273 e. The molecular weight excluding hydrogens is 344 g/mol. The predicted molar refractivity (Wildman–Crippen MR) is 95.1 cm³/mol. The van der Waals surface area contributed by atoms with Crippen LogP contribution in [0.4, 0.5) is 11.4 Å². The summed E-state index contributed by atoms with van der Waals surface area (Å²) in [7, 11) is 1.50. The number of ether oxygens (including phenoxy) is 5. The highest BCUT2D eigenvalue weighted by Crippen LogP contribution is 2.32. The number of nitro benzene ring substituents is 1. The summed E-state index contributed by atoms with van der Waals surface area (Å²) in [5.74, 6) is 0.448. The van der Waals surface area contributed by atoms with Gasteiger partial charge in [-0.05, 0) is 6.07 Å². The smallest absolute Gasteiger partial charge is 0.273 e. The fourth-order valence-corrected chi connectivity index (χ4v) is 2.51. The third kappa shape index (κ3) is 6.75. The largest absolute Gasteiger partial charge is 0.494 e. The molecule has 1 aliphatic rings. The van der Waals surface area contributed by atoms with Crippen molar-refractivity contribution in [3.05, 3.63) is 28.3 Å². The average molecular weight is 370 g/mol. The lowest BCUT2D eigenvalue weighted by molar-refractivity contribution is -0.384. The standard InChI is InChI=1S/C17H26N2O7/c1-22-17-14-15(19(20)21)2-3-16(17)18-4-6-23-8-10-25-12-13-26-11-9-24-7-5-18/h2-3,14H,4-13H2,1H3. The third-order valence-electron chi connectivity index (χ3n) is 3.84. The lowest BCUT2D eigenvalue weighted by Crippen LogP contribution is -2.32. The van der Waals surface area contributed by atoms with E-state index in [1.807, 2.05) is 4.90 Å². The molecule has 0 spiro atoms. The minimum absolute atomic E-state index is 0.00857. The highest BCUT2D eigenvalue weighted by molar-refractivity contribution is 5.62. The molecule has 1 aliphatic heterocycles. The number of nitro groups is 1. The molecule has 0 unspecified atom stereocenters. The summed E-state index contributed by atoms with van der Waals surface area (Å²) in [6, 6.07) is 4.59. The van der Waals surface area contributed by atoms with Gasteiger partial charge in [0.05, 0.1) is 76.6 Å². The zero-order chi connectivity index (χ0) is 18.6. The molecule has 26 heavy (non-hydrogen) atoms. The fourth-order valence-electron chi connectivity index (χ4n) is 2.51. The monoisotopic (exact) mass is 370 g/mol. The second kappa shape index (κ2) is 11.6. The normalized spacial score (nSPS) is 18.6. The van der Waals surface area contributed by atoms with Crippen molar-refractivity contribution >= 4 is 11.4 Å². The predicted octanol–water partition coefficient (Wildman–Crippen LogP) is 1.49. The van der Waals surface area contributed by atoms with Crippen LogP contribution in [0.15, 0.2) is 18.2 Å². The first-order chi connectivity index (χ1) is 12.7. The van der Waals surface area contributed by atoms with E-state index < -0.39 is 4.92 Å². The summed E-state index contributed by atoms with van der Waals surface area (Å²) < 4.78 is 27.4. The van der Waals surface area contributed by atoms with E-state index in [-0.39, 0.29) is 5.69 Å². The van der Waals surface area contributed by atoms with Gasteiger partial charge in [-0.3, -0.25) is 10.1 Å². The molecule has 9 heteroatoms. The summed E-state index contributed by atoms with van der Waals surface area (Å²) in [5.41, 5.74) is 0.757. The van der Waals surface area contributed by atoms with E-state index in [1.54, 1.807) is 6.07 Å². The Labute approximate surface area is 152 Å². The summed E-state index contributed by atoms with van der Waals surface area (Å²) in [4.78, 5) is 12.6. The number of anilines is 1. The van der Waals surface area contributed by atoms with Crippen LogP contribution in [0.2, 0.25) is 0 Å². The molecular formula is C17H26N2O7. The summed E-state index contributed by atoms with van der Waals surface area (Å²) in [5, 5.41) is 11.0. The Morgan fingerprint density at radius 2 is 1.42 bits per heavy atom. The van der Waals surface area contributed by atoms with E-state index in [1.165, 1.54) is 19.2 Å². The number of rotatable bonds is 3. The first-order valence-electron chi connectivity index (χ1n) is 8.60. The number of hydrogen-bond donors (Lipinski definition) is 0. The molecule has 1 saturated heterocycles. The van der Waals surface area contributed by atoms with E-state index in [0.717, 1.165) is 5.69 Å². The van der Waals surface area contributed by atoms with Crippen LogP contribution >= 0.6 is 0 Å². The van der Waals surface area contributed by atoms with Gasteiger partial charge in [0.2, 0.25) is 0 Å². The number of benzene rings is 1. The van der Waals surface area contributed by atoms with Gasteiger partial charge in [0.1, 0.15) is 5.75 Å². The SMILES string of the molecule is COc1cc([N+](=O)[O-])ccc1N1CCOCCOCCOCCOCC1. The number of nitrogens with zero attached hydrogens (tertiary/aromatic N) is 2. The first-order valence-corrected chi connectivity index (χ1v) is 8.60. The molecule has 1 heterocycles. The van der Waals surface area contributed by atoms with Crippen LogP contribution in [0, 0.1) is 10.1 Å². The Hall–Kier alpha value is -1.94. The van der Waals surface area contributed by atoms with Crippen molar-refractivity contribution in [2.45, 2.75) is 0 Å². The van der Waals surface area contributed by atoms with Crippen LogP contribution in [0.1, 0.15) is 0 Å². The third-order valence-corrected chi connectivity index (χ3v) is 3.84. The van der Waals surface area contributed by atoms with Gasteiger partial charge in [-0.25, -0.2) is 0 Å². The van der Waals surface area contributed by atoms with Gasteiger partial charge in [0.15, 0.2) is 0 Å². The van der Waals surface area contributed by atoms with Crippen LogP contribution in [0.3, 0.4) is 0 Å². The zero-order valence-electron chi connectivity index (χ0n) is 15.1. The quantitative estimate of drug-likeness (QED) is 0.584. The minimum atomic E-state index is -0.440. The number of non-ortho nitro benzene ring substituents is 1. The highest BCUT2D eigenvalue weighted by atomic mass is 16.6. The van der Waals surface area contributed by atoms with Gasteiger partial charge in [0, 0.05) is 19.2 Å². The molecule has 0 aromatic heterocycles.